The van der Waals surface area contributed by atoms with Crippen LogP contribution in [0.1, 0.15) is 11.1 Å². The molecule has 2 aromatic carbocycles. The van der Waals surface area contributed by atoms with Gasteiger partial charge in [-0.15, -0.1) is 0 Å². The third-order valence-electron chi connectivity index (χ3n) is 3.29. The monoisotopic (exact) mass is 333 g/mol. The number of hydrogen-bond donors (Lipinski definition) is 2. The van der Waals surface area contributed by atoms with E-state index in [2.05, 4.69) is 10.6 Å². The molecule has 1 amide bonds. The summed E-state index contributed by atoms with van der Waals surface area (Å²) in [5.41, 5.74) is 2.60. The smallest absolute Gasteiger partial charge is 0.274 e. The Morgan fingerprint density at radius 3 is 2.61 bits per heavy atom. The van der Waals surface area contributed by atoms with E-state index in [4.69, 9.17) is 11.6 Å². The number of benzene rings is 2. The maximum atomic E-state index is 11.9. The molecule has 0 aliphatic heterocycles. The summed E-state index contributed by atoms with van der Waals surface area (Å²) in [5.74, 6) is -0.269. The van der Waals surface area contributed by atoms with E-state index >= 15 is 0 Å². The molecular weight excluding hydrogens is 318 g/mol. The molecule has 0 aliphatic rings. The van der Waals surface area contributed by atoms with E-state index in [1.165, 1.54) is 6.07 Å². The number of nitrogens with zero attached hydrogens (tertiary/aromatic N) is 1. The first kappa shape index (κ1) is 16.8. The van der Waals surface area contributed by atoms with E-state index in [0.717, 1.165) is 5.56 Å². The van der Waals surface area contributed by atoms with Gasteiger partial charge in [0.1, 0.15) is 0 Å². The zero-order valence-corrected chi connectivity index (χ0v) is 13.5. The van der Waals surface area contributed by atoms with Crippen LogP contribution >= 0.6 is 11.6 Å². The van der Waals surface area contributed by atoms with Crippen LogP contribution in [0.5, 0.6) is 0 Å². The normalized spacial score (nSPS) is 10.2. The molecule has 0 radical (unpaired) electrons. The largest absolute Gasteiger partial charge is 0.376 e. The number of nitro benzene ring substituents is 1. The summed E-state index contributed by atoms with van der Waals surface area (Å²) in [6, 6.07) is 9.98. The van der Waals surface area contributed by atoms with Crippen LogP contribution in [0.4, 0.5) is 17.1 Å². The minimum Gasteiger partial charge on any atom is -0.376 e. The third-order valence-corrected chi connectivity index (χ3v) is 3.52. The van der Waals surface area contributed by atoms with Crippen LogP contribution in [0.15, 0.2) is 36.4 Å². The van der Waals surface area contributed by atoms with Crippen molar-refractivity contribution in [1.82, 2.24) is 0 Å². The van der Waals surface area contributed by atoms with Crippen molar-refractivity contribution in [2.75, 3.05) is 17.2 Å². The summed E-state index contributed by atoms with van der Waals surface area (Å²) < 4.78 is 0. The minimum atomic E-state index is -0.438. The van der Waals surface area contributed by atoms with Gasteiger partial charge in [0.05, 0.1) is 11.5 Å². The summed E-state index contributed by atoms with van der Waals surface area (Å²) in [6.07, 6.45) is 0. The molecule has 0 atom stereocenters. The fourth-order valence-electron chi connectivity index (χ4n) is 2.17. The first-order valence-corrected chi connectivity index (χ1v) is 7.29. The lowest BCUT2D eigenvalue weighted by Gasteiger charge is -2.11. The zero-order chi connectivity index (χ0) is 17.0. The van der Waals surface area contributed by atoms with Crippen molar-refractivity contribution in [3.63, 3.8) is 0 Å². The standard InChI is InChI=1S/C16H16ClN3O3/c1-10-6-11(2)15(20(22)23)8-14(10)18-9-16(21)19-13-5-3-4-12(17)7-13/h3-8,18H,9H2,1-2H3,(H,19,21). The highest BCUT2D eigenvalue weighted by molar-refractivity contribution is 6.30. The summed E-state index contributed by atoms with van der Waals surface area (Å²) in [4.78, 5) is 22.5. The first-order chi connectivity index (χ1) is 10.9. The lowest BCUT2D eigenvalue weighted by molar-refractivity contribution is -0.385. The van der Waals surface area contributed by atoms with Crippen molar-refractivity contribution in [2.24, 2.45) is 0 Å². The molecule has 120 valence electrons. The highest BCUT2D eigenvalue weighted by Crippen LogP contribution is 2.26. The predicted octanol–water partition coefficient (Wildman–Crippen LogP) is 3.92. The second-order valence-corrected chi connectivity index (χ2v) is 5.56. The molecule has 0 saturated carbocycles. The zero-order valence-electron chi connectivity index (χ0n) is 12.7. The van der Waals surface area contributed by atoms with Crippen molar-refractivity contribution in [3.05, 3.63) is 62.7 Å². The van der Waals surface area contributed by atoms with Crippen LogP contribution < -0.4 is 10.6 Å². The second-order valence-electron chi connectivity index (χ2n) is 5.12. The van der Waals surface area contributed by atoms with E-state index in [9.17, 15) is 14.9 Å². The number of nitrogens with one attached hydrogen (secondary N) is 2. The molecule has 23 heavy (non-hydrogen) atoms. The predicted molar refractivity (Wildman–Crippen MR) is 91.1 cm³/mol. The molecule has 0 fully saturated rings. The Kier molecular flexibility index (Phi) is 5.18. The van der Waals surface area contributed by atoms with Crippen molar-refractivity contribution < 1.29 is 9.72 Å². The maximum Gasteiger partial charge on any atom is 0.274 e. The second kappa shape index (κ2) is 7.11. The van der Waals surface area contributed by atoms with Gasteiger partial charge >= 0.3 is 0 Å². The number of aryl methyl sites for hydroxylation is 2. The van der Waals surface area contributed by atoms with Crippen molar-refractivity contribution in [3.8, 4) is 0 Å². The number of hydrogen-bond acceptors (Lipinski definition) is 4. The van der Waals surface area contributed by atoms with E-state index in [1.807, 2.05) is 6.92 Å². The Morgan fingerprint density at radius 1 is 1.22 bits per heavy atom. The molecular formula is C16H16ClN3O3. The van der Waals surface area contributed by atoms with Crippen LogP contribution in [0.3, 0.4) is 0 Å². The molecule has 2 rings (SSSR count). The van der Waals surface area contributed by atoms with E-state index in [-0.39, 0.29) is 18.1 Å². The van der Waals surface area contributed by atoms with Crippen LogP contribution in [-0.2, 0) is 4.79 Å². The first-order valence-electron chi connectivity index (χ1n) is 6.92. The lowest BCUT2D eigenvalue weighted by atomic mass is 10.1. The van der Waals surface area contributed by atoms with E-state index in [0.29, 0.717) is 22.0 Å². The third kappa shape index (κ3) is 4.43. The average molecular weight is 334 g/mol. The molecule has 0 bridgehead atoms. The van der Waals surface area contributed by atoms with Gasteiger partial charge < -0.3 is 10.6 Å². The fourth-order valence-corrected chi connectivity index (χ4v) is 2.37. The summed E-state index contributed by atoms with van der Waals surface area (Å²) >= 11 is 5.85. The van der Waals surface area contributed by atoms with Crippen molar-refractivity contribution >= 4 is 34.6 Å². The molecule has 0 unspecified atom stereocenters. The average Bonchev–Trinajstić information content (AvgIpc) is 2.46. The molecule has 2 aromatic rings. The molecule has 0 aromatic heterocycles. The van der Waals surface area contributed by atoms with Crippen LogP contribution in [0, 0.1) is 24.0 Å². The van der Waals surface area contributed by atoms with Gasteiger partial charge in [0, 0.05) is 28.0 Å². The topological polar surface area (TPSA) is 84.3 Å². The van der Waals surface area contributed by atoms with Gasteiger partial charge in [-0.1, -0.05) is 17.7 Å². The number of anilines is 2. The summed E-state index contributed by atoms with van der Waals surface area (Å²) in [6.45, 7) is 3.50. The van der Waals surface area contributed by atoms with Crippen molar-refractivity contribution in [2.45, 2.75) is 13.8 Å². The Balaban J connectivity index is 2.04. The highest BCUT2D eigenvalue weighted by atomic mass is 35.5. The fraction of sp³-hybridized carbons (Fsp3) is 0.188. The molecule has 0 heterocycles. The Labute approximate surface area is 138 Å². The van der Waals surface area contributed by atoms with Gasteiger partial charge in [-0.3, -0.25) is 14.9 Å². The van der Waals surface area contributed by atoms with Crippen LogP contribution in [-0.4, -0.2) is 17.4 Å². The number of carbonyl (C=O) groups is 1. The minimum absolute atomic E-state index is 0.00638. The van der Waals surface area contributed by atoms with E-state index < -0.39 is 4.92 Å². The lowest BCUT2D eigenvalue weighted by Crippen LogP contribution is -2.22. The number of amides is 1. The SMILES string of the molecule is Cc1cc(C)c([N+](=O)[O-])cc1NCC(=O)Nc1cccc(Cl)c1. The van der Waals surface area contributed by atoms with Crippen molar-refractivity contribution in [1.29, 1.82) is 0 Å². The Hall–Kier alpha value is -2.60. The Morgan fingerprint density at radius 2 is 1.96 bits per heavy atom. The van der Waals surface area contributed by atoms with Crippen LogP contribution in [0.2, 0.25) is 5.02 Å². The Bertz CT molecular complexity index is 762. The molecule has 2 N–H and O–H groups in total. The number of carbonyl (C=O) groups excluding carboxylic acids is 1. The van der Waals surface area contributed by atoms with E-state index in [1.54, 1.807) is 37.3 Å². The number of rotatable bonds is 5. The van der Waals surface area contributed by atoms with Gasteiger partial charge in [-0.05, 0) is 43.7 Å². The molecule has 0 spiro atoms. The summed E-state index contributed by atoms with van der Waals surface area (Å²) in [5, 5.41) is 17.1. The van der Waals surface area contributed by atoms with Gasteiger partial charge in [0.25, 0.3) is 5.69 Å². The van der Waals surface area contributed by atoms with Gasteiger partial charge in [-0.25, -0.2) is 0 Å². The quantitative estimate of drug-likeness (QED) is 0.641. The number of halogens is 1. The highest BCUT2D eigenvalue weighted by Gasteiger charge is 2.14. The molecule has 0 aliphatic carbocycles. The van der Waals surface area contributed by atoms with Gasteiger partial charge in [0.2, 0.25) is 5.91 Å². The van der Waals surface area contributed by atoms with Gasteiger partial charge in [0.15, 0.2) is 0 Å². The molecule has 7 heteroatoms. The number of nitro groups is 1. The maximum absolute atomic E-state index is 11.9. The van der Waals surface area contributed by atoms with Crippen LogP contribution in [0.25, 0.3) is 0 Å². The molecule has 6 nitrogen and oxygen atoms in total. The van der Waals surface area contributed by atoms with Gasteiger partial charge in [-0.2, -0.15) is 0 Å². The summed E-state index contributed by atoms with van der Waals surface area (Å²) in [7, 11) is 0. The molecule has 0 saturated heterocycles.